The first-order chi connectivity index (χ1) is 17.5. The molecule has 0 radical (unpaired) electrons. The van der Waals surface area contributed by atoms with Gasteiger partial charge in [0, 0.05) is 24.6 Å². The molecule has 2 heterocycles. The van der Waals surface area contributed by atoms with Gasteiger partial charge in [-0.3, -0.25) is 0 Å². The van der Waals surface area contributed by atoms with Crippen molar-refractivity contribution in [2.75, 3.05) is 19.6 Å². The van der Waals surface area contributed by atoms with E-state index in [1.165, 1.54) is 24.3 Å². The van der Waals surface area contributed by atoms with Gasteiger partial charge in [0.05, 0.1) is 6.61 Å². The minimum atomic E-state index is -0.235. The van der Waals surface area contributed by atoms with Gasteiger partial charge in [-0.05, 0) is 80.6 Å². The Hall–Kier alpha value is -2.47. The van der Waals surface area contributed by atoms with E-state index in [9.17, 15) is 8.78 Å². The van der Waals surface area contributed by atoms with Crippen molar-refractivity contribution in [2.45, 2.75) is 63.3 Å². The van der Waals surface area contributed by atoms with Gasteiger partial charge in [-0.15, -0.1) is 12.4 Å². The Bertz CT molecular complexity index is 1090. The lowest BCUT2D eigenvalue weighted by Crippen LogP contribution is -2.53. The summed E-state index contributed by atoms with van der Waals surface area (Å²) in [6, 6.07) is 21.6. The number of rotatable bonds is 7. The zero-order valence-corrected chi connectivity index (χ0v) is 22.2. The average molecular weight is 528 g/mol. The van der Waals surface area contributed by atoms with Crippen LogP contribution in [0.2, 0.25) is 0 Å². The van der Waals surface area contributed by atoms with Gasteiger partial charge < -0.3 is 14.4 Å². The zero-order chi connectivity index (χ0) is 25.0. The molecule has 2 aliphatic rings. The van der Waals surface area contributed by atoms with Crippen LogP contribution in [0.1, 0.15) is 61.6 Å². The monoisotopic (exact) mass is 527 g/mol. The summed E-state index contributed by atoms with van der Waals surface area (Å²) in [5.74, 6) is 0.609. The van der Waals surface area contributed by atoms with Crippen LogP contribution < -0.4 is 4.74 Å². The number of halogens is 3. The number of para-hydroxylation sites is 1. The molecule has 1 spiro atoms. The highest BCUT2D eigenvalue weighted by Gasteiger charge is 2.43. The minimum absolute atomic E-state index is 0. The third kappa shape index (κ3) is 6.51. The Balaban J connectivity index is 0.00000320. The van der Waals surface area contributed by atoms with Crippen molar-refractivity contribution in [1.29, 1.82) is 0 Å². The zero-order valence-electron chi connectivity index (χ0n) is 21.4. The van der Waals surface area contributed by atoms with E-state index in [-0.39, 0.29) is 41.7 Å². The topological polar surface area (TPSA) is 21.7 Å². The van der Waals surface area contributed by atoms with E-state index in [0.29, 0.717) is 6.61 Å². The van der Waals surface area contributed by atoms with Crippen molar-refractivity contribution in [1.82, 2.24) is 4.90 Å². The number of hydrogen-bond donors (Lipinski definition) is 0. The molecule has 0 saturated carbocycles. The summed E-state index contributed by atoms with van der Waals surface area (Å²) >= 11 is 0. The number of fused-ring (bicyclic) bond motifs is 1. The lowest BCUT2D eigenvalue weighted by Gasteiger charge is -2.43. The number of ether oxygens (including phenoxy) is 2. The van der Waals surface area contributed by atoms with Gasteiger partial charge in [-0.25, -0.2) is 8.78 Å². The van der Waals surface area contributed by atoms with Crippen LogP contribution in [0.3, 0.4) is 0 Å². The maximum Gasteiger partial charge on any atom is 0.125 e. The van der Waals surface area contributed by atoms with E-state index < -0.39 is 0 Å². The molecular weight excluding hydrogens is 492 g/mol. The predicted octanol–water partition coefficient (Wildman–Crippen LogP) is 7.52. The molecule has 1 unspecified atom stereocenters. The van der Waals surface area contributed by atoms with Crippen molar-refractivity contribution in [3.05, 3.63) is 101 Å². The van der Waals surface area contributed by atoms with Crippen LogP contribution >= 0.6 is 12.4 Å². The Morgan fingerprint density at radius 2 is 1.46 bits per heavy atom. The van der Waals surface area contributed by atoms with E-state index in [1.807, 2.05) is 42.5 Å². The van der Waals surface area contributed by atoms with E-state index >= 15 is 0 Å². The molecule has 0 aliphatic carbocycles. The molecule has 6 heteroatoms. The molecule has 37 heavy (non-hydrogen) atoms. The number of nitrogens with zero attached hydrogens (tertiary/aromatic N) is 1. The molecule has 1 fully saturated rings. The quantitative estimate of drug-likeness (QED) is 0.296. The van der Waals surface area contributed by atoms with Gasteiger partial charge in [-0.1, -0.05) is 48.9 Å². The molecule has 1 saturated heterocycles. The van der Waals surface area contributed by atoms with Gasteiger partial charge in [0.25, 0.3) is 0 Å². The fraction of sp³-hybridized carbons (Fsp3) is 0.419. The van der Waals surface area contributed by atoms with E-state index in [1.54, 1.807) is 0 Å². The van der Waals surface area contributed by atoms with Crippen LogP contribution in [0.15, 0.2) is 72.8 Å². The maximum absolute atomic E-state index is 13.5. The van der Waals surface area contributed by atoms with Crippen molar-refractivity contribution in [3.63, 3.8) is 0 Å². The van der Waals surface area contributed by atoms with Crippen molar-refractivity contribution in [3.8, 4) is 5.75 Å². The molecule has 3 aromatic carbocycles. The maximum atomic E-state index is 13.5. The summed E-state index contributed by atoms with van der Waals surface area (Å²) in [4.78, 5) is 2.53. The molecule has 0 bridgehead atoms. The highest BCUT2D eigenvalue weighted by Crippen LogP contribution is 2.38. The van der Waals surface area contributed by atoms with E-state index in [2.05, 4.69) is 17.9 Å². The lowest BCUT2D eigenvalue weighted by molar-refractivity contribution is -0.136. The fourth-order valence-electron chi connectivity index (χ4n) is 5.68. The van der Waals surface area contributed by atoms with Gasteiger partial charge in [0.1, 0.15) is 29.1 Å². The second-order valence-corrected chi connectivity index (χ2v) is 10.2. The molecular formula is C31H36ClF2NO2. The highest BCUT2D eigenvalue weighted by molar-refractivity contribution is 5.85. The summed E-state index contributed by atoms with van der Waals surface area (Å²) in [7, 11) is 0. The Morgan fingerprint density at radius 1 is 0.865 bits per heavy atom. The van der Waals surface area contributed by atoms with Crippen molar-refractivity contribution < 1.29 is 18.3 Å². The Kier molecular flexibility index (Phi) is 9.22. The SMILES string of the molecule is CC1Oc2ccccc2COC12CCN(CCCCC(c1ccc(F)cc1)c1ccc(F)cc1)CC2.Cl. The molecule has 2 aliphatic heterocycles. The molecule has 1 atom stereocenters. The van der Waals surface area contributed by atoms with E-state index in [4.69, 9.17) is 9.47 Å². The summed E-state index contributed by atoms with van der Waals surface area (Å²) in [5.41, 5.74) is 3.04. The molecule has 5 rings (SSSR count). The fourth-order valence-corrected chi connectivity index (χ4v) is 5.68. The number of piperidine rings is 1. The number of unbranched alkanes of at least 4 members (excludes halogenated alkanes) is 1. The number of likely N-dealkylation sites (tertiary alicyclic amines) is 1. The Morgan fingerprint density at radius 3 is 2.08 bits per heavy atom. The summed E-state index contributed by atoms with van der Waals surface area (Å²) < 4.78 is 39.8. The second kappa shape index (κ2) is 12.4. The van der Waals surface area contributed by atoms with Crippen LogP contribution in [-0.4, -0.2) is 36.2 Å². The summed E-state index contributed by atoms with van der Waals surface area (Å²) in [5, 5.41) is 0. The molecule has 0 N–H and O–H groups in total. The van der Waals surface area contributed by atoms with E-state index in [0.717, 1.165) is 74.2 Å². The van der Waals surface area contributed by atoms with Gasteiger partial charge in [0.15, 0.2) is 0 Å². The standard InChI is InChI=1S/C31H35F2NO2.ClH/c1-23-31(35-22-26-6-2-3-8-30(26)36-23)17-20-34(21-18-31)19-5-4-7-29(24-9-13-27(32)14-10-24)25-11-15-28(33)16-12-25;/h2-3,6,8-16,23,29H,4-5,7,17-22H2,1H3;1H. The van der Waals surface area contributed by atoms with Crippen LogP contribution in [-0.2, 0) is 11.3 Å². The number of hydrogen-bond acceptors (Lipinski definition) is 3. The van der Waals surface area contributed by atoms with Gasteiger partial charge >= 0.3 is 0 Å². The normalized spacial score (nSPS) is 19.1. The van der Waals surface area contributed by atoms with Crippen LogP contribution in [0.5, 0.6) is 5.75 Å². The van der Waals surface area contributed by atoms with Gasteiger partial charge in [-0.2, -0.15) is 0 Å². The summed E-state index contributed by atoms with van der Waals surface area (Å²) in [6.45, 7) is 5.80. The molecule has 0 aromatic heterocycles. The first-order valence-electron chi connectivity index (χ1n) is 13.1. The lowest BCUT2D eigenvalue weighted by atomic mass is 9.85. The summed E-state index contributed by atoms with van der Waals surface area (Å²) in [6.07, 6.45) is 5.04. The molecule has 3 aromatic rings. The highest BCUT2D eigenvalue weighted by atomic mass is 35.5. The van der Waals surface area contributed by atoms with Crippen LogP contribution in [0, 0.1) is 11.6 Å². The molecule has 3 nitrogen and oxygen atoms in total. The third-order valence-corrected chi connectivity index (χ3v) is 8.00. The largest absolute Gasteiger partial charge is 0.487 e. The van der Waals surface area contributed by atoms with Gasteiger partial charge in [0.2, 0.25) is 0 Å². The number of benzene rings is 3. The van der Waals surface area contributed by atoms with Crippen molar-refractivity contribution >= 4 is 12.4 Å². The first kappa shape index (κ1) is 27.6. The van der Waals surface area contributed by atoms with Crippen LogP contribution in [0.4, 0.5) is 8.78 Å². The molecule has 0 amide bonds. The predicted molar refractivity (Wildman–Crippen MR) is 145 cm³/mol. The van der Waals surface area contributed by atoms with Crippen LogP contribution in [0.25, 0.3) is 0 Å². The van der Waals surface area contributed by atoms with Crippen molar-refractivity contribution in [2.24, 2.45) is 0 Å². The Labute approximate surface area is 225 Å². The third-order valence-electron chi connectivity index (χ3n) is 8.00. The molecule has 198 valence electrons. The minimum Gasteiger partial charge on any atom is -0.487 e. The smallest absolute Gasteiger partial charge is 0.125 e. The average Bonchev–Trinajstić information content (AvgIpc) is 3.03. The first-order valence-corrected chi connectivity index (χ1v) is 13.1. The second-order valence-electron chi connectivity index (χ2n) is 10.2.